The molecule has 31 heavy (non-hydrogen) atoms. The molecule has 8 heteroatoms. The number of aliphatic hydroxyl groups is 1. The number of nitrogens with zero attached hydrogens (tertiary/aromatic N) is 2. The molecule has 0 aliphatic carbocycles. The molecule has 0 aliphatic rings. The Bertz CT molecular complexity index is 1280. The van der Waals surface area contributed by atoms with Gasteiger partial charge in [-0.1, -0.05) is 35.6 Å². The number of anilines is 2. The lowest BCUT2D eigenvalue weighted by molar-refractivity contribution is 0.305. The molecule has 0 amide bonds. The third-order valence-corrected chi connectivity index (χ3v) is 5.58. The second kappa shape index (κ2) is 9.75. The van der Waals surface area contributed by atoms with E-state index < -0.39 is 0 Å². The topological polar surface area (TPSA) is 67.3 Å². The molecule has 5 nitrogen and oxygen atoms in total. The summed E-state index contributed by atoms with van der Waals surface area (Å²) in [6, 6.07) is 13.5. The quantitative estimate of drug-likeness (QED) is 0.375. The molecule has 0 saturated heterocycles. The average molecular weight is 454 g/mol. The third kappa shape index (κ3) is 5.30. The van der Waals surface area contributed by atoms with Crippen molar-refractivity contribution in [2.45, 2.75) is 13.0 Å². The number of aliphatic hydroxyl groups excluding tert-OH is 1. The van der Waals surface area contributed by atoms with Gasteiger partial charge in [0.25, 0.3) is 0 Å². The number of rotatable bonds is 6. The van der Waals surface area contributed by atoms with E-state index in [9.17, 15) is 4.39 Å². The number of ether oxygens (including phenoxy) is 1. The van der Waals surface area contributed by atoms with Gasteiger partial charge in [0.2, 0.25) is 0 Å². The zero-order valence-corrected chi connectivity index (χ0v) is 17.8. The summed E-state index contributed by atoms with van der Waals surface area (Å²) in [5.74, 6) is 6.78. The minimum Gasteiger partial charge on any atom is -0.487 e. The fourth-order valence-corrected chi connectivity index (χ4v) is 4.00. The maximum atomic E-state index is 13.3. The van der Waals surface area contributed by atoms with Crippen LogP contribution in [0.1, 0.15) is 16.9 Å². The van der Waals surface area contributed by atoms with Gasteiger partial charge in [-0.2, -0.15) is 0 Å². The summed E-state index contributed by atoms with van der Waals surface area (Å²) >= 11 is 7.86. The van der Waals surface area contributed by atoms with Crippen molar-refractivity contribution in [2.24, 2.45) is 0 Å². The molecule has 0 radical (unpaired) electrons. The van der Waals surface area contributed by atoms with E-state index in [2.05, 4.69) is 27.1 Å². The average Bonchev–Trinajstić information content (AvgIpc) is 3.17. The van der Waals surface area contributed by atoms with Crippen LogP contribution in [0.15, 0.2) is 54.9 Å². The van der Waals surface area contributed by atoms with Gasteiger partial charge in [-0.3, -0.25) is 0 Å². The smallest absolute Gasteiger partial charge is 0.151 e. The van der Waals surface area contributed by atoms with Crippen LogP contribution in [0.3, 0.4) is 0 Å². The molecule has 4 rings (SSSR count). The SMILES string of the molecule is OCCC#Cc1cc2ncnc(Nc3ccc(OCc4cccc(F)c4)c(Cl)c3)c2s1. The number of benzene rings is 2. The predicted octanol–water partition coefficient (Wildman–Crippen LogP) is 5.54. The van der Waals surface area contributed by atoms with E-state index in [1.165, 1.54) is 29.8 Å². The van der Waals surface area contributed by atoms with Crippen molar-refractivity contribution in [3.05, 3.63) is 76.1 Å². The molecule has 0 saturated carbocycles. The normalized spacial score (nSPS) is 10.5. The van der Waals surface area contributed by atoms with Crippen LogP contribution in [0.2, 0.25) is 5.02 Å². The van der Waals surface area contributed by atoms with Gasteiger partial charge in [0, 0.05) is 12.1 Å². The Labute approximate surface area is 187 Å². The number of thiophene rings is 1. The van der Waals surface area contributed by atoms with Crippen LogP contribution >= 0.6 is 22.9 Å². The van der Waals surface area contributed by atoms with Crippen LogP contribution in [-0.4, -0.2) is 21.7 Å². The fraction of sp³-hybridized carbons (Fsp3) is 0.130. The summed E-state index contributed by atoms with van der Waals surface area (Å²) in [5.41, 5.74) is 2.25. The Morgan fingerprint density at radius 3 is 2.87 bits per heavy atom. The van der Waals surface area contributed by atoms with Gasteiger partial charge >= 0.3 is 0 Å². The molecule has 2 N–H and O–H groups in total. The highest BCUT2D eigenvalue weighted by Crippen LogP contribution is 2.33. The van der Waals surface area contributed by atoms with Crippen molar-refractivity contribution in [3.63, 3.8) is 0 Å². The van der Waals surface area contributed by atoms with Gasteiger partial charge in [-0.05, 0) is 42.0 Å². The Morgan fingerprint density at radius 2 is 2.06 bits per heavy atom. The lowest BCUT2D eigenvalue weighted by atomic mass is 10.2. The molecule has 0 bridgehead atoms. The van der Waals surface area contributed by atoms with E-state index in [1.807, 2.05) is 12.1 Å². The maximum Gasteiger partial charge on any atom is 0.151 e. The van der Waals surface area contributed by atoms with Crippen LogP contribution in [0.5, 0.6) is 5.75 Å². The fourth-order valence-electron chi connectivity index (χ4n) is 2.83. The Balaban J connectivity index is 1.50. The van der Waals surface area contributed by atoms with Crippen LogP contribution in [0.4, 0.5) is 15.9 Å². The molecular weight excluding hydrogens is 437 g/mol. The van der Waals surface area contributed by atoms with Gasteiger partial charge in [-0.25, -0.2) is 14.4 Å². The number of nitrogens with one attached hydrogen (secondary N) is 1. The molecule has 156 valence electrons. The van der Waals surface area contributed by atoms with Crippen molar-refractivity contribution in [3.8, 4) is 17.6 Å². The second-order valence-corrected chi connectivity index (χ2v) is 7.97. The summed E-state index contributed by atoms with van der Waals surface area (Å²) < 4.78 is 19.9. The number of halogens is 2. The molecule has 2 aromatic carbocycles. The van der Waals surface area contributed by atoms with Crippen molar-refractivity contribution < 1.29 is 14.2 Å². The number of hydrogen-bond acceptors (Lipinski definition) is 6. The number of hydrogen-bond donors (Lipinski definition) is 2. The first kappa shape index (κ1) is 21.1. The summed E-state index contributed by atoms with van der Waals surface area (Å²) in [7, 11) is 0. The summed E-state index contributed by atoms with van der Waals surface area (Å²) in [6.07, 6.45) is 1.91. The van der Waals surface area contributed by atoms with Crippen molar-refractivity contribution >= 4 is 44.7 Å². The first-order chi connectivity index (χ1) is 15.1. The van der Waals surface area contributed by atoms with Crippen LogP contribution < -0.4 is 10.1 Å². The van der Waals surface area contributed by atoms with Gasteiger partial charge in [0.1, 0.15) is 24.5 Å². The highest BCUT2D eigenvalue weighted by atomic mass is 35.5. The van der Waals surface area contributed by atoms with Crippen LogP contribution in [0.25, 0.3) is 10.2 Å². The van der Waals surface area contributed by atoms with Crippen LogP contribution in [-0.2, 0) is 6.61 Å². The van der Waals surface area contributed by atoms with Gasteiger partial charge in [-0.15, -0.1) is 11.3 Å². The number of aromatic nitrogens is 2. The second-order valence-electron chi connectivity index (χ2n) is 6.51. The van der Waals surface area contributed by atoms with E-state index >= 15 is 0 Å². The monoisotopic (exact) mass is 453 g/mol. The minimum absolute atomic E-state index is 0.0349. The zero-order valence-electron chi connectivity index (χ0n) is 16.2. The largest absolute Gasteiger partial charge is 0.487 e. The highest BCUT2D eigenvalue weighted by Gasteiger charge is 2.10. The lowest BCUT2D eigenvalue weighted by Gasteiger charge is -2.11. The predicted molar refractivity (Wildman–Crippen MR) is 121 cm³/mol. The lowest BCUT2D eigenvalue weighted by Crippen LogP contribution is -1.98. The Morgan fingerprint density at radius 1 is 1.16 bits per heavy atom. The van der Waals surface area contributed by atoms with E-state index in [4.69, 9.17) is 21.4 Å². The standard InChI is InChI=1S/C23H17ClFN3O2S/c24-19-11-17(7-8-21(19)30-13-15-4-3-5-16(25)10-15)28-23-22-20(26-14-27-23)12-18(31-22)6-1-2-9-29/h3-5,7-8,10-12,14,29H,2,9,13H2,(H,26,27,28). The minimum atomic E-state index is -0.306. The van der Waals surface area contributed by atoms with Crippen molar-refractivity contribution in [1.29, 1.82) is 0 Å². The Kier molecular flexibility index (Phi) is 6.63. The molecule has 0 fully saturated rings. The maximum absolute atomic E-state index is 13.3. The van der Waals surface area contributed by atoms with Gasteiger partial charge in [0.05, 0.1) is 26.7 Å². The molecule has 0 atom stereocenters. The highest BCUT2D eigenvalue weighted by molar-refractivity contribution is 7.20. The van der Waals surface area contributed by atoms with E-state index in [1.54, 1.807) is 24.3 Å². The van der Waals surface area contributed by atoms with E-state index in [-0.39, 0.29) is 19.0 Å². The molecule has 0 unspecified atom stereocenters. The van der Waals surface area contributed by atoms with E-state index in [0.717, 1.165) is 26.3 Å². The number of fused-ring (bicyclic) bond motifs is 1. The first-order valence-corrected chi connectivity index (χ1v) is 10.6. The zero-order chi connectivity index (χ0) is 21.6. The van der Waals surface area contributed by atoms with Crippen molar-refractivity contribution in [2.75, 3.05) is 11.9 Å². The molecular formula is C23H17ClFN3O2S. The molecule has 4 aromatic rings. The first-order valence-electron chi connectivity index (χ1n) is 9.40. The van der Waals surface area contributed by atoms with Crippen molar-refractivity contribution in [1.82, 2.24) is 9.97 Å². The van der Waals surface area contributed by atoms with Gasteiger partial charge in [0.15, 0.2) is 5.82 Å². The third-order valence-electron chi connectivity index (χ3n) is 4.24. The van der Waals surface area contributed by atoms with Gasteiger partial charge < -0.3 is 15.2 Å². The Hall–Kier alpha value is -3.18. The summed E-state index contributed by atoms with van der Waals surface area (Å²) in [6.45, 7) is 0.249. The van der Waals surface area contributed by atoms with Crippen LogP contribution in [0, 0.1) is 17.7 Å². The van der Waals surface area contributed by atoms with E-state index in [0.29, 0.717) is 23.0 Å². The molecule has 0 spiro atoms. The molecule has 2 aromatic heterocycles. The molecule has 2 heterocycles. The summed E-state index contributed by atoms with van der Waals surface area (Å²) in [4.78, 5) is 9.48. The summed E-state index contributed by atoms with van der Waals surface area (Å²) in [5, 5.41) is 12.6. The molecule has 0 aliphatic heterocycles.